The number of fused-ring (bicyclic) bond motifs is 1. The van der Waals surface area contributed by atoms with Crippen molar-refractivity contribution in [2.75, 3.05) is 6.54 Å². The summed E-state index contributed by atoms with van der Waals surface area (Å²) in [6, 6.07) is 10.7. The minimum absolute atomic E-state index is 0.0338. The van der Waals surface area contributed by atoms with Crippen molar-refractivity contribution in [3.05, 3.63) is 64.6 Å². The zero-order valence-electron chi connectivity index (χ0n) is 22.9. The van der Waals surface area contributed by atoms with Crippen molar-refractivity contribution in [3.63, 3.8) is 0 Å². The van der Waals surface area contributed by atoms with Crippen LogP contribution in [0.25, 0.3) is 10.9 Å². The molecule has 1 aromatic heterocycles. The highest BCUT2D eigenvalue weighted by molar-refractivity contribution is 6.30. The number of amides is 4. The van der Waals surface area contributed by atoms with Crippen molar-refractivity contribution in [1.29, 1.82) is 0 Å². The van der Waals surface area contributed by atoms with Crippen LogP contribution in [0.4, 0.5) is 9.18 Å². The Morgan fingerprint density at radius 2 is 1.85 bits per heavy atom. The molecule has 0 spiro atoms. The molecule has 0 atom stereocenters. The van der Waals surface area contributed by atoms with E-state index < -0.39 is 35.2 Å². The quantitative estimate of drug-likeness (QED) is 0.351. The molecule has 4 N–H and O–H groups in total. The number of para-hydroxylation sites is 1. The second-order valence-corrected chi connectivity index (χ2v) is 11.3. The normalized spacial score (nSPS) is 16.5. The highest BCUT2D eigenvalue weighted by Crippen LogP contribution is 2.27. The number of benzene rings is 2. The van der Waals surface area contributed by atoms with E-state index in [1.807, 2.05) is 0 Å². The van der Waals surface area contributed by atoms with E-state index in [4.69, 9.17) is 22.1 Å². The summed E-state index contributed by atoms with van der Waals surface area (Å²) in [5, 5.41) is 10.1. The zero-order valence-corrected chi connectivity index (χ0v) is 23.7. The van der Waals surface area contributed by atoms with Crippen molar-refractivity contribution in [2.45, 2.75) is 64.4 Å². The number of carbonyl (C=O) groups is 4. The molecular weight excluding hydrogens is 555 g/mol. The van der Waals surface area contributed by atoms with E-state index >= 15 is 0 Å². The van der Waals surface area contributed by atoms with Gasteiger partial charge in [0.25, 0.3) is 5.91 Å². The van der Waals surface area contributed by atoms with Gasteiger partial charge in [0.05, 0.1) is 17.1 Å². The van der Waals surface area contributed by atoms with Crippen LogP contribution >= 0.6 is 11.6 Å². The average Bonchev–Trinajstić information content (AvgIpc) is 3.23. The lowest BCUT2D eigenvalue weighted by molar-refractivity contribution is -0.141. The van der Waals surface area contributed by atoms with Gasteiger partial charge >= 0.3 is 6.09 Å². The highest BCUT2D eigenvalue weighted by atomic mass is 35.5. The van der Waals surface area contributed by atoms with E-state index in [-0.39, 0.29) is 48.0 Å². The number of aromatic nitrogens is 2. The molecule has 11 nitrogen and oxygen atoms in total. The first kappa shape index (κ1) is 29.8. The number of alkyl carbamates (subject to hydrolysis) is 1. The molecule has 1 fully saturated rings. The first-order valence-electron chi connectivity index (χ1n) is 13.1. The van der Waals surface area contributed by atoms with Crippen molar-refractivity contribution in [3.8, 4) is 0 Å². The van der Waals surface area contributed by atoms with Crippen LogP contribution in [0.5, 0.6) is 0 Å². The number of carbonyl (C=O) groups excluding carboxylic acids is 4. The Balaban J connectivity index is 1.48. The minimum atomic E-state index is -0.730. The Kier molecular flexibility index (Phi) is 8.81. The third-order valence-corrected chi connectivity index (χ3v) is 6.88. The van der Waals surface area contributed by atoms with Crippen LogP contribution in [-0.4, -0.2) is 62.7 Å². The second-order valence-electron chi connectivity index (χ2n) is 10.9. The number of nitrogens with two attached hydrogens (primary N) is 1. The number of hydrogen-bond acceptors (Lipinski definition) is 6. The maximum absolute atomic E-state index is 14.3. The number of primary amides is 1. The molecule has 4 amide bonds. The molecule has 1 heterocycles. The maximum atomic E-state index is 14.3. The molecule has 1 aliphatic carbocycles. The number of ether oxygens (including phenoxy) is 1. The lowest BCUT2D eigenvalue weighted by atomic mass is 9.85. The first-order chi connectivity index (χ1) is 19.3. The molecular formula is C28H32ClFN6O5. The van der Waals surface area contributed by atoms with Gasteiger partial charge in [-0.1, -0.05) is 41.9 Å². The lowest BCUT2D eigenvalue weighted by Gasteiger charge is -2.42. The van der Waals surface area contributed by atoms with Gasteiger partial charge in [-0.15, -0.1) is 0 Å². The van der Waals surface area contributed by atoms with Gasteiger partial charge in [0.1, 0.15) is 18.0 Å². The molecule has 0 radical (unpaired) electrons. The number of nitrogens with one attached hydrogen (secondary N) is 2. The van der Waals surface area contributed by atoms with Crippen molar-refractivity contribution in [1.82, 2.24) is 25.3 Å². The summed E-state index contributed by atoms with van der Waals surface area (Å²) in [4.78, 5) is 52.0. The van der Waals surface area contributed by atoms with Gasteiger partial charge in [-0.25, -0.2) is 9.18 Å². The first-order valence-corrected chi connectivity index (χ1v) is 13.4. The Labute approximate surface area is 241 Å². The maximum Gasteiger partial charge on any atom is 0.407 e. The number of nitrogens with zero attached hydrogens (tertiary/aromatic N) is 3. The third-order valence-electron chi connectivity index (χ3n) is 6.59. The minimum Gasteiger partial charge on any atom is -0.444 e. The summed E-state index contributed by atoms with van der Waals surface area (Å²) in [6.07, 6.45) is 0.225. The zero-order chi connectivity index (χ0) is 29.9. The summed E-state index contributed by atoms with van der Waals surface area (Å²) in [6.45, 7) is 4.58. The van der Waals surface area contributed by atoms with E-state index in [0.717, 1.165) is 0 Å². The highest BCUT2D eigenvalue weighted by Gasteiger charge is 2.38. The number of halogens is 2. The van der Waals surface area contributed by atoms with Gasteiger partial charge in [-0.2, -0.15) is 5.10 Å². The molecule has 0 saturated heterocycles. The van der Waals surface area contributed by atoms with E-state index in [1.165, 1.54) is 21.7 Å². The second kappa shape index (κ2) is 12.1. The van der Waals surface area contributed by atoms with Crippen LogP contribution in [0.15, 0.2) is 42.5 Å². The van der Waals surface area contributed by atoms with Gasteiger partial charge in [0.15, 0.2) is 5.69 Å². The van der Waals surface area contributed by atoms with Crippen LogP contribution in [0, 0.1) is 5.82 Å². The Bertz CT molecular complexity index is 1480. The van der Waals surface area contributed by atoms with E-state index in [9.17, 15) is 23.6 Å². The molecule has 2 aromatic carbocycles. The predicted molar refractivity (Wildman–Crippen MR) is 149 cm³/mol. The number of rotatable bonds is 9. The Morgan fingerprint density at radius 1 is 1.15 bits per heavy atom. The van der Waals surface area contributed by atoms with Crippen LogP contribution in [0.2, 0.25) is 5.02 Å². The Morgan fingerprint density at radius 3 is 2.54 bits per heavy atom. The molecule has 4 rings (SSSR count). The molecule has 41 heavy (non-hydrogen) atoms. The fourth-order valence-corrected chi connectivity index (χ4v) is 4.79. The smallest absolute Gasteiger partial charge is 0.407 e. The fraction of sp³-hybridized carbons (Fsp3) is 0.393. The largest absolute Gasteiger partial charge is 0.444 e. The summed E-state index contributed by atoms with van der Waals surface area (Å²) in [5.74, 6) is -2.30. The molecule has 1 aliphatic rings. The van der Waals surface area contributed by atoms with Gasteiger partial charge in [0.2, 0.25) is 11.8 Å². The van der Waals surface area contributed by atoms with Crippen LogP contribution in [-0.2, 0) is 27.4 Å². The monoisotopic (exact) mass is 586 g/mol. The van der Waals surface area contributed by atoms with Gasteiger partial charge < -0.3 is 26.0 Å². The molecule has 1 saturated carbocycles. The average molecular weight is 587 g/mol. The molecule has 13 heteroatoms. The third kappa shape index (κ3) is 7.31. The molecule has 0 unspecified atom stereocenters. The fourth-order valence-electron chi connectivity index (χ4n) is 4.59. The molecule has 0 bridgehead atoms. The van der Waals surface area contributed by atoms with Crippen LogP contribution in [0.1, 0.15) is 49.7 Å². The van der Waals surface area contributed by atoms with E-state index in [1.54, 1.807) is 51.1 Å². The van der Waals surface area contributed by atoms with Gasteiger partial charge in [-0.05, 0) is 45.7 Å². The predicted octanol–water partition coefficient (Wildman–Crippen LogP) is 3.13. The van der Waals surface area contributed by atoms with Crippen molar-refractivity contribution in [2.24, 2.45) is 5.73 Å². The van der Waals surface area contributed by atoms with Crippen LogP contribution < -0.4 is 16.4 Å². The standard InChI is InChI=1S/C28H32ClFN6O5/c1-28(2,3)41-27(40)33-17-11-18(12-17)35(14-22(37)32-13-16-7-6-9-20(29)24(16)30)23(38)15-36-21-10-5-4-8-19(21)25(34-36)26(31)39/h4-10,17-18H,11-15H2,1-3H3,(H2,31,39)(H,32,37)(H,33,40). The molecule has 0 aliphatic heterocycles. The topological polar surface area (TPSA) is 149 Å². The van der Waals surface area contributed by atoms with Gasteiger partial charge in [0, 0.05) is 29.6 Å². The summed E-state index contributed by atoms with van der Waals surface area (Å²) in [7, 11) is 0. The Hall–Kier alpha value is -4.19. The van der Waals surface area contributed by atoms with E-state index in [2.05, 4.69) is 15.7 Å². The summed E-state index contributed by atoms with van der Waals surface area (Å²) >= 11 is 5.83. The lowest BCUT2D eigenvalue weighted by Crippen LogP contribution is -2.58. The van der Waals surface area contributed by atoms with Gasteiger partial charge in [-0.3, -0.25) is 19.1 Å². The molecule has 3 aromatic rings. The SMILES string of the molecule is CC(C)(C)OC(=O)NC1CC(N(CC(=O)NCc2cccc(Cl)c2F)C(=O)Cn2nc(C(N)=O)c3ccccc32)C1. The van der Waals surface area contributed by atoms with Crippen LogP contribution in [0.3, 0.4) is 0 Å². The number of hydrogen-bond donors (Lipinski definition) is 3. The molecule has 218 valence electrons. The van der Waals surface area contributed by atoms with Crippen molar-refractivity contribution >= 4 is 46.3 Å². The van der Waals surface area contributed by atoms with Crippen molar-refractivity contribution < 1.29 is 28.3 Å². The summed E-state index contributed by atoms with van der Waals surface area (Å²) < 4.78 is 21.0. The van der Waals surface area contributed by atoms with E-state index in [0.29, 0.717) is 23.7 Å². The summed E-state index contributed by atoms with van der Waals surface area (Å²) in [5.41, 5.74) is 5.59.